The summed E-state index contributed by atoms with van der Waals surface area (Å²) < 4.78 is 0. The van der Waals surface area contributed by atoms with Crippen LogP contribution in [0.3, 0.4) is 0 Å². The number of aromatic nitrogens is 2. The Balaban J connectivity index is 2.68. The number of aliphatic hydroxyl groups is 2. The maximum atomic E-state index is 9.08. The molecule has 0 aliphatic rings. The highest BCUT2D eigenvalue weighted by molar-refractivity contribution is 6.32. The zero-order valence-corrected chi connectivity index (χ0v) is 15.2. The van der Waals surface area contributed by atoms with Gasteiger partial charge >= 0.3 is 0 Å². The first kappa shape index (κ1) is 19.9. The zero-order chi connectivity index (χ0) is 17.5. The van der Waals surface area contributed by atoms with Crippen molar-refractivity contribution < 1.29 is 10.2 Å². The maximum absolute atomic E-state index is 9.08. The molecule has 0 bridgehead atoms. The topological polar surface area (TPSA) is 90.3 Å². The molecule has 0 saturated carbocycles. The first-order valence-electron chi connectivity index (χ1n) is 7.91. The van der Waals surface area contributed by atoms with E-state index in [1.165, 1.54) is 0 Å². The Hall–Kier alpha value is -1.11. The summed E-state index contributed by atoms with van der Waals surface area (Å²) in [5.41, 5.74) is -0.103. The highest BCUT2D eigenvalue weighted by Gasteiger charge is 2.19. The Kier molecular flexibility index (Phi) is 7.51. The second-order valence-corrected chi connectivity index (χ2v) is 7.78. The number of halogens is 1. The molecule has 0 unspecified atom stereocenters. The van der Waals surface area contributed by atoms with E-state index in [1.54, 1.807) is 6.20 Å². The van der Waals surface area contributed by atoms with Crippen molar-refractivity contribution in [2.45, 2.75) is 40.5 Å². The highest BCUT2D eigenvalue weighted by atomic mass is 35.5. The number of aliphatic hydroxyl groups excluding tert-OH is 2. The lowest BCUT2D eigenvalue weighted by Gasteiger charge is -2.25. The number of hydrogen-bond acceptors (Lipinski definition) is 6. The van der Waals surface area contributed by atoms with E-state index in [0.717, 1.165) is 0 Å². The van der Waals surface area contributed by atoms with Crippen LogP contribution in [-0.2, 0) is 0 Å². The SMILES string of the molecule is CC(C)(CCO)CNc1ncc(Cl)c(NCC(C)(C)CCO)n1. The van der Waals surface area contributed by atoms with Crippen LogP contribution in [0, 0.1) is 10.8 Å². The molecule has 0 radical (unpaired) electrons. The average molecular weight is 345 g/mol. The Morgan fingerprint density at radius 3 is 2.04 bits per heavy atom. The van der Waals surface area contributed by atoms with Gasteiger partial charge < -0.3 is 20.8 Å². The predicted octanol–water partition coefficient (Wildman–Crippen LogP) is 2.77. The summed E-state index contributed by atoms with van der Waals surface area (Å²) in [5.74, 6) is 1.08. The smallest absolute Gasteiger partial charge is 0.224 e. The van der Waals surface area contributed by atoms with E-state index in [4.69, 9.17) is 21.8 Å². The van der Waals surface area contributed by atoms with E-state index in [9.17, 15) is 0 Å². The first-order valence-corrected chi connectivity index (χ1v) is 8.29. The van der Waals surface area contributed by atoms with Crippen molar-refractivity contribution in [3.05, 3.63) is 11.2 Å². The van der Waals surface area contributed by atoms with E-state index in [0.29, 0.717) is 42.7 Å². The predicted molar refractivity (Wildman–Crippen MR) is 95.0 cm³/mol. The summed E-state index contributed by atoms with van der Waals surface area (Å²) in [7, 11) is 0. The van der Waals surface area contributed by atoms with Gasteiger partial charge in [-0.1, -0.05) is 39.3 Å². The van der Waals surface area contributed by atoms with Crippen molar-refractivity contribution >= 4 is 23.4 Å². The number of hydrogen-bond donors (Lipinski definition) is 4. The summed E-state index contributed by atoms with van der Waals surface area (Å²) >= 11 is 6.14. The molecule has 1 aromatic heterocycles. The monoisotopic (exact) mass is 344 g/mol. The molecule has 0 fully saturated rings. The van der Waals surface area contributed by atoms with Crippen molar-refractivity contribution in [3.8, 4) is 0 Å². The van der Waals surface area contributed by atoms with E-state index < -0.39 is 0 Å². The molecule has 7 heteroatoms. The second-order valence-electron chi connectivity index (χ2n) is 7.37. The molecule has 1 rings (SSSR count). The minimum atomic E-state index is -0.0558. The highest BCUT2D eigenvalue weighted by Crippen LogP contribution is 2.25. The Morgan fingerprint density at radius 1 is 1.00 bits per heavy atom. The van der Waals surface area contributed by atoms with Gasteiger partial charge in [-0.25, -0.2) is 4.98 Å². The van der Waals surface area contributed by atoms with Crippen molar-refractivity contribution in [1.29, 1.82) is 0 Å². The second kappa shape index (κ2) is 8.66. The molecule has 0 aromatic carbocycles. The molecular weight excluding hydrogens is 316 g/mol. The fraction of sp³-hybridized carbons (Fsp3) is 0.750. The molecule has 0 amide bonds. The molecule has 1 aromatic rings. The summed E-state index contributed by atoms with van der Waals surface area (Å²) in [4.78, 5) is 8.59. The molecule has 23 heavy (non-hydrogen) atoms. The van der Waals surface area contributed by atoms with Gasteiger partial charge in [-0.15, -0.1) is 0 Å². The van der Waals surface area contributed by atoms with Crippen molar-refractivity contribution in [3.63, 3.8) is 0 Å². The maximum Gasteiger partial charge on any atom is 0.224 e. The van der Waals surface area contributed by atoms with Crippen LogP contribution >= 0.6 is 11.6 Å². The van der Waals surface area contributed by atoms with Crippen molar-refractivity contribution in [2.75, 3.05) is 36.9 Å². The van der Waals surface area contributed by atoms with Gasteiger partial charge in [-0.3, -0.25) is 0 Å². The van der Waals surface area contributed by atoms with Crippen LogP contribution in [0.1, 0.15) is 40.5 Å². The Bertz CT molecular complexity index is 495. The molecule has 0 saturated heterocycles. The van der Waals surface area contributed by atoms with Gasteiger partial charge in [0.15, 0.2) is 5.82 Å². The van der Waals surface area contributed by atoms with Crippen molar-refractivity contribution in [1.82, 2.24) is 9.97 Å². The quantitative estimate of drug-likeness (QED) is 0.522. The van der Waals surface area contributed by atoms with Gasteiger partial charge in [-0.05, 0) is 23.7 Å². The molecular formula is C16H29ClN4O2. The molecule has 0 aliphatic carbocycles. The van der Waals surface area contributed by atoms with Crippen LogP contribution in [0.15, 0.2) is 6.20 Å². The van der Waals surface area contributed by atoms with Gasteiger partial charge in [0, 0.05) is 26.3 Å². The number of nitrogens with zero attached hydrogens (tertiary/aromatic N) is 2. The zero-order valence-electron chi connectivity index (χ0n) is 14.5. The molecule has 0 aliphatic heterocycles. The third kappa shape index (κ3) is 7.33. The average Bonchev–Trinajstić information content (AvgIpc) is 2.45. The fourth-order valence-electron chi connectivity index (χ4n) is 2.00. The van der Waals surface area contributed by atoms with Crippen LogP contribution in [0.2, 0.25) is 5.02 Å². The van der Waals surface area contributed by atoms with E-state index in [1.807, 2.05) is 0 Å². The standard InChI is InChI=1S/C16H29ClN4O2/c1-15(2,5-7-22)10-19-13-12(17)9-18-14(21-13)20-11-16(3,4)6-8-23/h9,22-23H,5-8,10-11H2,1-4H3,(H2,18,19,20,21). The number of anilines is 2. The Labute approximate surface area is 143 Å². The van der Waals surface area contributed by atoms with E-state index in [-0.39, 0.29) is 24.0 Å². The number of rotatable bonds is 10. The van der Waals surface area contributed by atoms with Crippen LogP contribution in [-0.4, -0.2) is 46.5 Å². The van der Waals surface area contributed by atoms with Gasteiger partial charge in [0.1, 0.15) is 5.02 Å². The van der Waals surface area contributed by atoms with Crippen molar-refractivity contribution in [2.24, 2.45) is 10.8 Å². The molecule has 132 valence electrons. The molecule has 1 heterocycles. The Morgan fingerprint density at radius 2 is 1.52 bits per heavy atom. The molecule has 0 atom stereocenters. The third-order valence-electron chi connectivity index (χ3n) is 3.78. The first-order chi connectivity index (χ1) is 10.7. The number of nitrogens with one attached hydrogen (secondary N) is 2. The fourth-order valence-corrected chi connectivity index (χ4v) is 2.16. The van der Waals surface area contributed by atoms with E-state index in [2.05, 4.69) is 48.3 Å². The van der Waals surface area contributed by atoms with Gasteiger partial charge in [-0.2, -0.15) is 4.98 Å². The summed E-state index contributed by atoms with van der Waals surface area (Å²) in [6, 6.07) is 0. The van der Waals surface area contributed by atoms with Crippen LogP contribution < -0.4 is 10.6 Å². The lowest BCUT2D eigenvalue weighted by Crippen LogP contribution is -2.26. The molecule has 0 spiro atoms. The summed E-state index contributed by atoms with van der Waals surface area (Å²) in [5, 5.41) is 25.0. The minimum Gasteiger partial charge on any atom is -0.396 e. The molecule has 6 nitrogen and oxygen atoms in total. The van der Waals surface area contributed by atoms with Crippen LogP contribution in [0.4, 0.5) is 11.8 Å². The van der Waals surface area contributed by atoms with Gasteiger partial charge in [0.2, 0.25) is 5.95 Å². The normalized spacial score (nSPS) is 12.3. The lowest BCUT2D eigenvalue weighted by molar-refractivity contribution is 0.219. The van der Waals surface area contributed by atoms with Crippen LogP contribution in [0.25, 0.3) is 0 Å². The third-order valence-corrected chi connectivity index (χ3v) is 4.06. The van der Waals surface area contributed by atoms with Crippen LogP contribution in [0.5, 0.6) is 0 Å². The lowest BCUT2D eigenvalue weighted by atomic mass is 9.90. The van der Waals surface area contributed by atoms with Gasteiger partial charge in [0.25, 0.3) is 0 Å². The minimum absolute atomic E-state index is 0.0472. The largest absolute Gasteiger partial charge is 0.396 e. The van der Waals surface area contributed by atoms with Gasteiger partial charge in [0.05, 0.1) is 6.20 Å². The summed E-state index contributed by atoms with van der Waals surface area (Å²) in [6.07, 6.45) is 2.97. The van der Waals surface area contributed by atoms with E-state index >= 15 is 0 Å². The molecule has 4 N–H and O–H groups in total. The summed E-state index contributed by atoms with van der Waals surface area (Å²) in [6.45, 7) is 9.90.